The van der Waals surface area contributed by atoms with Gasteiger partial charge in [-0.05, 0) is 38.4 Å². The van der Waals surface area contributed by atoms with Crippen LogP contribution in [0.25, 0.3) is 11.5 Å². The molecule has 1 aliphatic rings. The van der Waals surface area contributed by atoms with Crippen LogP contribution in [0.2, 0.25) is 0 Å². The maximum atomic E-state index is 5.88. The van der Waals surface area contributed by atoms with Crippen molar-refractivity contribution in [2.24, 2.45) is 0 Å². The lowest BCUT2D eigenvalue weighted by Gasteiger charge is -2.32. The van der Waals surface area contributed by atoms with E-state index in [1.165, 1.54) is 0 Å². The lowest BCUT2D eigenvalue weighted by molar-refractivity contribution is 0.161. The number of nitrogens with zero attached hydrogens (tertiary/aromatic N) is 5. The van der Waals surface area contributed by atoms with Crippen molar-refractivity contribution >= 4 is 0 Å². The zero-order valence-corrected chi connectivity index (χ0v) is 13.8. The SMILES string of the molecule is Cc1oc(-c2ccccc2)nc1CN1CCCC(n2cncn2)C1. The van der Waals surface area contributed by atoms with Gasteiger partial charge in [-0.3, -0.25) is 4.90 Å². The molecule has 0 saturated carbocycles. The van der Waals surface area contributed by atoms with Gasteiger partial charge in [0, 0.05) is 18.7 Å². The van der Waals surface area contributed by atoms with Gasteiger partial charge in [0.25, 0.3) is 0 Å². The first-order valence-electron chi connectivity index (χ1n) is 8.38. The maximum Gasteiger partial charge on any atom is 0.226 e. The monoisotopic (exact) mass is 323 g/mol. The van der Waals surface area contributed by atoms with Gasteiger partial charge in [-0.15, -0.1) is 0 Å². The Morgan fingerprint density at radius 3 is 2.92 bits per heavy atom. The number of hydrogen-bond acceptors (Lipinski definition) is 5. The van der Waals surface area contributed by atoms with E-state index in [2.05, 4.69) is 15.0 Å². The first-order chi connectivity index (χ1) is 11.8. The minimum atomic E-state index is 0.391. The third kappa shape index (κ3) is 3.10. The standard InChI is InChI=1S/C18H21N5O/c1-14-17(21-18(24-14)15-6-3-2-4-7-15)11-22-9-5-8-16(10-22)23-13-19-12-20-23/h2-4,6-7,12-13,16H,5,8-11H2,1H3. The summed E-state index contributed by atoms with van der Waals surface area (Å²) in [6.45, 7) is 4.86. The van der Waals surface area contributed by atoms with Gasteiger partial charge in [0.15, 0.2) is 0 Å². The molecule has 4 rings (SSSR count). The van der Waals surface area contributed by atoms with Gasteiger partial charge in [0.2, 0.25) is 5.89 Å². The number of aromatic nitrogens is 4. The zero-order chi connectivity index (χ0) is 16.4. The number of likely N-dealkylation sites (tertiary alicyclic amines) is 1. The van der Waals surface area contributed by atoms with Gasteiger partial charge < -0.3 is 4.42 Å². The summed E-state index contributed by atoms with van der Waals surface area (Å²) >= 11 is 0. The van der Waals surface area contributed by atoms with Crippen LogP contribution in [0.1, 0.15) is 30.3 Å². The molecule has 3 aromatic rings. The molecule has 2 aromatic heterocycles. The summed E-state index contributed by atoms with van der Waals surface area (Å²) in [5.41, 5.74) is 2.04. The Kier molecular flexibility index (Phi) is 4.13. The van der Waals surface area contributed by atoms with E-state index in [0.29, 0.717) is 11.9 Å². The van der Waals surface area contributed by atoms with Gasteiger partial charge in [-0.25, -0.2) is 14.6 Å². The van der Waals surface area contributed by atoms with Crippen LogP contribution in [0, 0.1) is 6.92 Å². The zero-order valence-electron chi connectivity index (χ0n) is 13.8. The average Bonchev–Trinajstić information content (AvgIpc) is 3.27. The van der Waals surface area contributed by atoms with Crippen LogP contribution >= 0.6 is 0 Å². The minimum Gasteiger partial charge on any atom is -0.441 e. The van der Waals surface area contributed by atoms with E-state index in [1.807, 2.05) is 48.3 Å². The molecule has 0 radical (unpaired) electrons. The number of rotatable bonds is 4. The van der Waals surface area contributed by atoms with Crippen LogP contribution in [-0.2, 0) is 6.54 Å². The van der Waals surface area contributed by atoms with E-state index in [4.69, 9.17) is 9.40 Å². The van der Waals surface area contributed by atoms with Gasteiger partial charge >= 0.3 is 0 Å². The number of oxazole rings is 1. The van der Waals surface area contributed by atoms with Gasteiger partial charge in [0.1, 0.15) is 18.4 Å². The molecule has 24 heavy (non-hydrogen) atoms. The highest BCUT2D eigenvalue weighted by Crippen LogP contribution is 2.25. The first-order valence-corrected chi connectivity index (χ1v) is 8.38. The van der Waals surface area contributed by atoms with Crippen molar-refractivity contribution in [1.82, 2.24) is 24.6 Å². The summed E-state index contributed by atoms with van der Waals surface area (Å²) in [5, 5.41) is 4.29. The summed E-state index contributed by atoms with van der Waals surface area (Å²) in [4.78, 5) is 11.2. The molecule has 6 nitrogen and oxygen atoms in total. The fourth-order valence-corrected chi connectivity index (χ4v) is 3.29. The van der Waals surface area contributed by atoms with Crippen molar-refractivity contribution < 1.29 is 4.42 Å². The first kappa shape index (κ1) is 15.1. The summed E-state index contributed by atoms with van der Waals surface area (Å²) in [6, 6.07) is 10.4. The number of benzene rings is 1. The Balaban J connectivity index is 1.48. The van der Waals surface area contributed by atoms with Crippen molar-refractivity contribution in [1.29, 1.82) is 0 Å². The molecule has 0 bridgehead atoms. The summed E-state index contributed by atoms with van der Waals surface area (Å²) in [6.07, 6.45) is 5.72. The molecule has 124 valence electrons. The molecule has 1 saturated heterocycles. The number of piperidine rings is 1. The van der Waals surface area contributed by atoms with Gasteiger partial charge in [0.05, 0.1) is 11.7 Å². The molecule has 1 fully saturated rings. The highest BCUT2D eigenvalue weighted by molar-refractivity contribution is 5.53. The summed E-state index contributed by atoms with van der Waals surface area (Å²) < 4.78 is 7.85. The maximum absolute atomic E-state index is 5.88. The van der Waals surface area contributed by atoms with Crippen LogP contribution in [-0.4, -0.2) is 37.7 Å². The Hall–Kier alpha value is -2.47. The van der Waals surface area contributed by atoms with Gasteiger partial charge in [-0.2, -0.15) is 5.10 Å². The average molecular weight is 323 g/mol. The molecule has 0 spiro atoms. The molecule has 1 aliphatic heterocycles. The summed E-state index contributed by atoms with van der Waals surface area (Å²) in [5.74, 6) is 1.60. The van der Waals surface area contributed by atoms with Crippen LogP contribution in [0.3, 0.4) is 0 Å². The third-order valence-electron chi connectivity index (χ3n) is 4.58. The minimum absolute atomic E-state index is 0.391. The highest BCUT2D eigenvalue weighted by Gasteiger charge is 2.23. The second-order valence-electron chi connectivity index (χ2n) is 6.29. The molecular weight excluding hydrogens is 302 g/mol. The topological polar surface area (TPSA) is 60.0 Å². The van der Waals surface area contributed by atoms with E-state index < -0.39 is 0 Å². The molecule has 0 aliphatic carbocycles. The van der Waals surface area contributed by atoms with Crippen LogP contribution < -0.4 is 0 Å². The molecule has 0 amide bonds. The lowest BCUT2D eigenvalue weighted by Crippen LogP contribution is -2.36. The normalized spacial score (nSPS) is 18.8. The van der Waals surface area contributed by atoms with Crippen molar-refractivity contribution in [2.75, 3.05) is 13.1 Å². The summed E-state index contributed by atoms with van der Waals surface area (Å²) in [7, 11) is 0. The van der Waals surface area contributed by atoms with E-state index >= 15 is 0 Å². The molecule has 3 heterocycles. The van der Waals surface area contributed by atoms with Crippen molar-refractivity contribution in [2.45, 2.75) is 32.4 Å². The Morgan fingerprint density at radius 1 is 1.25 bits per heavy atom. The predicted octanol–water partition coefficient (Wildman–Crippen LogP) is 3.08. The smallest absolute Gasteiger partial charge is 0.226 e. The van der Waals surface area contributed by atoms with E-state index in [-0.39, 0.29) is 0 Å². The Labute approximate surface area is 141 Å². The Morgan fingerprint density at radius 2 is 2.12 bits per heavy atom. The molecule has 0 N–H and O–H groups in total. The molecule has 6 heteroatoms. The lowest BCUT2D eigenvalue weighted by atomic mass is 10.1. The van der Waals surface area contributed by atoms with Crippen molar-refractivity contribution in [3.05, 3.63) is 54.4 Å². The van der Waals surface area contributed by atoms with E-state index in [9.17, 15) is 0 Å². The third-order valence-corrected chi connectivity index (χ3v) is 4.58. The second-order valence-corrected chi connectivity index (χ2v) is 6.29. The molecule has 1 aromatic carbocycles. The fourth-order valence-electron chi connectivity index (χ4n) is 3.29. The second kappa shape index (κ2) is 6.57. The Bertz CT molecular complexity index is 781. The van der Waals surface area contributed by atoms with Crippen LogP contribution in [0.5, 0.6) is 0 Å². The largest absolute Gasteiger partial charge is 0.441 e. The van der Waals surface area contributed by atoms with Crippen molar-refractivity contribution in [3.63, 3.8) is 0 Å². The molecular formula is C18H21N5O. The van der Waals surface area contributed by atoms with Crippen LogP contribution in [0.4, 0.5) is 0 Å². The van der Waals surface area contributed by atoms with E-state index in [1.54, 1.807) is 6.33 Å². The van der Waals surface area contributed by atoms with Gasteiger partial charge in [-0.1, -0.05) is 18.2 Å². The quantitative estimate of drug-likeness (QED) is 0.738. The van der Waals surface area contributed by atoms with E-state index in [0.717, 1.165) is 49.5 Å². The highest BCUT2D eigenvalue weighted by atomic mass is 16.4. The number of hydrogen-bond donors (Lipinski definition) is 0. The molecule has 1 unspecified atom stereocenters. The predicted molar refractivity (Wildman–Crippen MR) is 90.2 cm³/mol. The molecule has 1 atom stereocenters. The number of aryl methyl sites for hydroxylation is 1. The van der Waals surface area contributed by atoms with Crippen molar-refractivity contribution in [3.8, 4) is 11.5 Å². The van der Waals surface area contributed by atoms with Crippen LogP contribution in [0.15, 0.2) is 47.4 Å². The fraction of sp³-hybridized carbons (Fsp3) is 0.389.